The van der Waals surface area contributed by atoms with E-state index >= 15 is 0 Å². The van der Waals surface area contributed by atoms with E-state index in [4.69, 9.17) is 9.84 Å². The Hall–Kier alpha value is -2.28. The molecule has 1 aliphatic heterocycles. The molecule has 3 heterocycles. The molecule has 2 N–H and O–H groups in total. The molecular formula is C13H15N3O4. The first-order chi connectivity index (χ1) is 9.58. The molecule has 1 atom stereocenters. The normalized spacial score (nSPS) is 18.6. The number of ether oxygens (including phenoxy) is 1. The quantitative estimate of drug-likeness (QED) is 0.868. The number of aryl methyl sites for hydroxylation is 1. The molecule has 0 spiro atoms. The second kappa shape index (κ2) is 4.68. The third-order valence-corrected chi connectivity index (χ3v) is 3.61. The van der Waals surface area contributed by atoms with Gasteiger partial charge in [0.2, 0.25) is 0 Å². The van der Waals surface area contributed by atoms with Gasteiger partial charge in [-0.3, -0.25) is 10.1 Å². The van der Waals surface area contributed by atoms with Crippen LogP contribution in [0.1, 0.15) is 12.5 Å². The topological polar surface area (TPSA) is 85.5 Å². The summed E-state index contributed by atoms with van der Waals surface area (Å²) in [6.07, 6.45) is 2.96. The number of nitrogens with zero attached hydrogens (tertiary/aromatic N) is 2. The number of aromatic nitrogens is 2. The highest BCUT2D eigenvalue weighted by molar-refractivity contribution is 5.98. The molecule has 1 unspecified atom stereocenters. The minimum atomic E-state index is -1.18. The fourth-order valence-corrected chi connectivity index (χ4v) is 2.65. The van der Waals surface area contributed by atoms with Crippen molar-refractivity contribution in [3.63, 3.8) is 0 Å². The van der Waals surface area contributed by atoms with Gasteiger partial charge in [-0.25, -0.2) is 4.79 Å². The monoisotopic (exact) mass is 277 g/mol. The van der Waals surface area contributed by atoms with E-state index < -0.39 is 6.09 Å². The molecule has 1 aliphatic rings. The molecule has 0 saturated carbocycles. The number of hydrogen-bond acceptors (Lipinski definition) is 3. The smallest absolute Gasteiger partial charge is 0.409 e. The summed E-state index contributed by atoms with van der Waals surface area (Å²) in [6, 6.07) is 1.84. The Morgan fingerprint density at radius 1 is 1.55 bits per heavy atom. The fraction of sp³-hybridized carbons (Fsp3) is 0.385. The second-order valence-corrected chi connectivity index (χ2v) is 4.89. The van der Waals surface area contributed by atoms with Crippen molar-refractivity contribution in [3.05, 3.63) is 28.8 Å². The van der Waals surface area contributed by atoms with Crippen molar-refractivity contribution in [3.8, 4) is 0 Å². The van der Waals surface area contributed by atoms with Gasteiger partial charge >= 0.3 is 6.09 Å². The Bertz CT molecular complexity index is 725. The van der Waals surface area contributed by atoms with Gasteiger partial charge in [-0.1, -0.05) is 0 Å². The van der Waals surface area contributed by atoms with E-state index in [-0.39, 0.29) is 11.6 Å². The van der Waals surface area contributed by atoms with Crippen LogP contribution in [-0.4, -0.2) is 33.5 Å². The van der Waals surface area contributed by atoms with Crippen molar-refractivity contribution in [2.75, 3.05) is 18.5 Å². The maximum absolute atomic E-state index is 12.6. The van der Waals surface area contributed by atoms with Crippen LogP contribution in [0.5, 0.6) is 0 Å². The van der Waals surface area contributed by atoms with Crippen LogP contribution in [-0.2, 0) is 11.8 Å². The summed E-state index contributed by atoms with van der Waals surface area (Å²) in [5.41, 5.74) is 0.824. The van der Waals surface area contributed by atoms with Crippen LogP contribution in [0.4, 0.5) is 10.5 Å². The van der Waals surface area contributed by atoms with Crippen molar-refractivity contribution in [1.29, 1.82) is 0 Å². The maximum Gasteiger partial charge on any atom is 0.409 e. The molecule has 20 heavy (non-hydrogen) atoms. The SMILES string of the molecule is Cn1cc(NC(=O)O)c2c(=O)n(C3CCOC3)ccc21. The van der Waals surface area contributed by atoms with Gasteiger partial charge in [0.15, 0.2) is 0 Å². The Morgan fingerprint density at radius 3 is 3.00 bits per heavy atom. The molecule has 1 amide bonds. The lowest BCUT2D eigenvalue weighted by atomic mass is 10.2. The molecule has 106 valence electrons. The summed E-state index contributed by atoms with van der Waals surface area (Å²) in [5.74, 6) is 0. The molecule has 2 aromatic rings. The molecule has 0 bridgehead atoms. The number of hydrogen-bond donors (Lipinski definition) is 2. The molecular weight excluding hydrogens is 262 g/mol. The standard InChI is InChI=1S/C13H15N3O4/c1-15-6-9(14-13(18)19)11-10(15)2-4-16(12(11)17)8-3-5-20-7-8/h2,4,6,8,14H,3,5,7H2,1H3,(H,18,19). The fourth-order valence-electron chi connectivity index (χ4n) is 2.65. The first kappa shape index (κ1) is 12.7. The van der Waals surface area contributed by atoms with Crippen LogP contribution < -0.4 is 10.9 Å². The number of carbonyl (C=O) groups is 1. The van der Waals surface area contributed by atoms with Crippen molar-refractivity contribution in [1.82, 2.24) is 9.13 Å². The Kier molecular flexibility index (Phi) is 2.98. The van der Waals surface area contributed by atoms with Crippen molar-refractivity contribution in [2.45, 2.75) is 12.5 Å². The maximum atomic E-state index is 12.6. The van der Waals surface area contributed by atoms with Crippen LogP contribution in [0, 0.1) is 0 Å². The van der Waals surface area contributed by atoms with Gasteiger partial charge in [0.25, 0.3) is 5.56 Å². The minimum Gasteiger partial charge on any atom is -0.465 e. The average molecular weight is 277 g/mol. The predicted octanol–water partition coefficient (Wildman–Crippen LogP) is 1.39. The lowest BCUT2D eigenvalue weighted by Crippen LogP contribution is -2.25. The van der Waals surface area contributed by atoms with Gasteiger partial charge in [-0.05, 0) is 12.5 Å². The Morgan fingerprint density at radius 2 is 2.35 bits per heavy atom. The van der Waals surface area contributed by atoms with Gasteiger partial charge in [-0.2, -0.15) is 0 Å². The van der Waals surface area contributed by atoms with Crippen LogP contribution >= 0.6 is 0 Å². The Balaban J connectivity index is 2.19. The van der Waals surface area contributed by atoms with E-state index in [0.29, 0.717) is 29.8 Å². The van der Waals surface area contributed by atoms with Crippen molar-refractivity contribution >= 4 is 22.7 Å². The molecule has 0 aliphatic carbocycles. The van der Waals surface area contributed by atoms with E-state index in [1.807, 2.05) is 6.07 Å². The molecule has 3 rings (SSSR count). The lowest BCUT2D eigenvalue weighted by molar-refractivity contribution is 0.186. The van der Waals surface area contributed by atoms with Crippen LogP contribution in [0.3, 0.4) is 0 Å². The molecule has 7 heteroatoms. The van der Waals surface area contributed by atoms with Crippen LogP contribution in [0.25, 0.3) is 10.9 Å². The average Bonchev–Trinajstić information content (AvgIpc) is 2.99. The summed E-state index contributed by atoms with van der Waals surface area (Å²) >= 11 is 0. The zero-order valence-corrected chi connectivity index (χ0v) is 11.0. The molecule has 2 aromatic heterocycles. The van der Waals surface area contributed by atoms with Gasteiger partial charge in [0, 0.05) is 26.0 Å². The number of anilines is 1. The number of rotatable bonds is 2. The van der Waals surface area contributed by atoms with Crippen molar-refractivity contribution in [2.24, 2.45) is 7.05 Å². The van der Waals surface area contributed by atoms with Crippen molar-refractivity contribution < 1.29 is 14.6 Å². The highest BCUT2D eigenvalue weighted by Gasteiger charge is 2.21. The number of fused-ring (bicyclic) bond motifs is 1. The molecule has 0 radical (unpaired) electrons. The first-order valence-corrected chi connectivity index (χ1v) is 6.36. The van der Waals surface area contributed by atoms with Gasteiger partial charge in [0.1, 0.15) is 0 Å². The van der Waals surface area contributed by atoms with E-state index in [9.17, 15) is 9.59 Å². The number of pyridine rings is 1. The first-order valence-electron chi connectivity index (χ1n) is 6.36. The van der Waals surface area contributed by atoms with E-state index in [2.05, 4.69) is 5.32 Å². The number of amides is 1. The summed E-state index contributed by atoms with van der Waals surface area (Å²) in [4.78, 5) is 23.4. The number of carboxylic acid groups (broad SMARTS) is 1. The molecule has 0 aromatic carbocycles. The zero-order chi connectivity index (χ0) is 14.3. The van der Waals surface area contributed by atoms with Gasteiger partial charge in [-0.15, -0.1) is 0 Å². The largest absolute Gasteiger partial charge is 0.465 e. The highest BCUT2D eigenvalue weighted by atomic mass is 16.5. The van der Waals surface area contributed by atoms with E-state index in [1.165, 1.54) is 0 Å². The second-order valence-electron chi connectivity index (χ2n) is 4.89. The molecule has 1 fully saturated rings. The lowest BCUT2D eigenvalue weighted by Gasteiger charge is -2.12. The zero-order valence-electron chi connectivity index (χ0n) is 11.0. The number of nitrogens with one attached hydrogen (secondary N) is 1. The predicted molar refractivity (Wildman–Crippen MR) is 73.3 cm³/mol. The Labute approximate surface area is 114 Å². The summed E-state index contributed by atoms with van der Waals surface area (Å²) < 4.78 is 8.66. The highest BCUT2D eigenvalue weighted by Crippen LogP contribution is 2.24. The van der Waals surface area contributed by atoms with Crippen LogP contribution in [0.15, 0.2) is 23.3 Å². The summed E-state index contributed by atoms with van der Waals surface area (Å²) in [5, 5.41) is 11.5. The van der Waals surface area contributed by atoms with Gasteiger partial charge < -0.3 is 19.0 Å². The molecule has 7 nitrogen and oxygen atoms in total. The summed E-state index contributed by atoms with van der Waals surface area (Å²) in [7, 11) is 1.78. The molecule has 1 saturated heterocycles. The van der Waals surface area contributed by atoms with Crippen LogP contribution in [0.2, 0.25) is 0 Å². The third-order valence-electron chi connectivity index (χ3n) is 3.61. The van der Waals surface area contributed by atoms with Gasteiger partial charge in [0.05, 0.1) is 29.2 Å². The third kappa shape index (κ3) is 1.96. The summed E-state index contributed by atoms with van der Waals surface area (Å²) in [6.45, 7) is 1.16. The van der Waals surface area contributed by atoms with E-state index in [0.717, 1.165) is 6.42 Å². The van der Waals surface area contributed by atoms with E-state index in [1.54, 1.807) is 28.6 Å². The minimum absolute atomic E-state index is 0.0183.